The van der Waals surface area contributed by atoms with Crippen LogP contribution in [0.15, 0.2) is 18.2 Å². The summed E-state index contributed by atoms with van der Waals surface area (Å²) in [7, 11) is 1.74. The number of rotatable bonds is 2. The Kier molecular flexibility index (Phi) is 6.52. The zero-order valence-corrected chi connectivity index (χ0v) is 15.0. The molecule has 100 valence electrons. The van der Waals surface area contributed by atoms with E-state index in [0.29, 0.717) is 3.54 Å². The predicted octanol–water partition coefficient (Wildman–Crippen LogP) is 3.96. The van der Waals surface area contributed by atoms with Crippen molar-refractivity contribution in [3.05, 3.63) is 23.8 Å². The predicted molar refractivity (Wildman–Crippen MR) is 84.0 cm³/mol. The van der Waals surface area contributed by atoms with Crippen molar-refractivity contribution < 1.29 is 4.74 Å². The van der Waals surface area contributed by atoms with Gasteiger partial charge in [-0.2, -0.15) is 3.69 Å². The molecule has 3 heteroatoms. The van der Waals surface area contributed by atoms with Crippen molar-refractivity contribution in [2.24, 2.45) is 0 Å². The molecule has 1 aromatic rings. The maximum atomic E-state index is 5.35. The van der Waals surface area contributed by atoms with Gasteiger partial charge in [0.05, 0.1) is 7.11 Å². The Morgan fingerprint density at radius 2 is 1.56 bits per heavy atom. The van der Waals surface area contributed by atoms with E-state index in [1.54, 1.807) is 10.8 Å². The highest BCUT2D eigenvalue weighted by Gasteiger charge is 2.23. The van der Waals surface area contributed by atoms with Crippen LogP contribution < -0.4 is 8.43 Å². The molecule has 1 rings (SSSR count). The largest absolute Gasteiger partial charge is 0.497 e. The van der Waals surface area contributed by atoms with Crippen LogP contribution in [0.1, 0.15) is 47.1 Å². The average Bonchev–Trinajstić information content (AvgIpc) is 2.14. The lowest BCUT2D eigenvalue weighted by Crippen LogP contribution is -2.31. The molecule has 0 bridgehead atoms. The molecule has 0 saturated carbocycles. The van der Waals surface area contributed by atoms with E-state index in [1.165, 1.54) is 5.56 Å². The molecule has 0 aliphatic carbocycles. The van der Waals surface area contributed by atoms with E-state index in [4.69, 9.17) is 4.74 Å². The Bertz CT molecular complexity index is 388. The van der Waals surface area contributed by atoms with Crippen molar-refractivity contribution in [1.29, 1.82) is 0 Å². The molecule has 0 atom stereocenters. The summed E-state index contributed by atoms with van der Waals surface area (Å²) >= 11 is -0.261. The fourth-order valence-corrected chi connectivity index (χ4v) is 4.31. The van der Waals surface area contributed by atoms with Gasteiger partial charge in [0.2, 0.25) is 0 Å². The second kappa shape index (κ2) is 6.49. The fourth-order valence-electron chi connectivity index (χ4n) is 2.11. The third kappa shape index (κ3) is 5.37. The molecule has 1 nitrogen and oxygen atoms in total. The number of hydrogen-bond acceptors (Lipinski definition) is 1. The van der Waals surface area contributed by atoms with Crippen LogP contribution in [0.4, 0.5) is 0 Å². The third-order valence-corrected chi connectivity index (χ3v) is 4.90. The number of ether oxygens (including phenoxy) is 1. The maximum Gasteiger partial charge on any atom is 0.416 e. The highest BCUT2D eigenvalue weighted by atomic mass is 35.5. The van der Waals surface area contributed by atoms with Crippen LogP contribution in [0.5, 0.6) is 5.75 Å². The van der Waals surface area contributed by atoms with Gasteiger partial charge in [0, 0.05) is 0 Å². The molecule has 0 amide bonds. The first-order valence-corrected chi connectivity index (χ1v) is 7.72. The van der Waals surface area contributed by atoms with Crippen LogP contribution in [0.2, 0.25) is 3.54 Å². The molecule has 0 heterocycles. The second-order valence-corrected chi connectivity index (χ2v) is 10.2. The maximum absolute atomic E-state index is 5.35. The molecule has 18 heavy (non-hydrogen) atoms. The van der Waals surface area contributed by atoms with Gasteiger partial charge < -0.3 is 4.74 Å². The van der Waals surface area contributed by atoms with Gasteiger partial charge >= 0.3 is 20.4 Å². The molecule has 0 fully saturated rings. The SMILES string of the molecule is COc1cc[c]([Mg][C](C)(C)C)c(C(C)(C)C)c1.Cl. The van der Waals surface area contributed by atoms with Crippen molar-refractivity contribution in [3.63, 3.8) is 0 Å². The summed E-state index contributed by atoms with van der Waals surface area (Å²) in [6.07, 6.45) is 0. The summed E-state index contributed by atoms with van der Waals surface area (Å²) in [6, 6.07) is 6.59. The van der Waals surface area contributed by atoms with Gasteiger partial charge in [-0.25, -0.2) is 0 Å². The van der Waals surface area contributed by atoms with Gasteiger partial charge in [0.1, 0.15) is 5.75 Å². The molecule has 0 aliphatic rings. The molecular formula is C15H25ClMgO. The van der Waals surface area contributed by atoms with Crippen LogP contribution in [-0.2, 0) is 5.41 Å². The standard InChI is InChI=1S/C11H15O.C4H9.ClH.Mg/c1-11(2,3)9-6-5-7-10(8-9)12-4;1-4(2)3;;/h5,7-8H,1-4H3;1-3H3;1H;. The highest BCUT2D eigenvalue weighted by molar-refractivity contribution is 6.57. The summed E-state index contributed by atoms with van der Waals surface area (Å²) in [6.45, 7) is 13.9. The minimum atomic E-state index is -0.261. The molecule has 0 radical (unpaired) electrons. The first kappa shape index (κ1) is 18.1. The molecule has 0 saturated heterocycles. The first-order chi connectivity index (χ1) is 7.63. The van der Waals surface area contributed by atoms with E-state index in [1.807, 2.05) is 0 Å². The van der Waals surface area contributed by atoms with Gasteiger partial charge in [-0.15, -0.1) is 16.0 Å². The summed E-state index contributed by atoms with van der Waals surface area (Å²) in [4.78, 5) is 0. The lowest BCUT2D eigenvalue weighted by atomic mass is 9.87. The minimum Gasteiger partial charge on any atom is -0.497 e. The van der Waals surface area contributed by atoms with Crippen LogP contribution in [0.25, 0.3) is 0 Å². The van der Waals surface area contributed by atoms with Gasteiger partial charge in [-0.3, -0.25) is 0 Å². The topological polar surface area (TPSA) is 9.23 Å². The minimum absolute atomic E-state index is 0. The lowest BCUT2D eigenvalue weighted by molar-refractivity contribution is 0.413. The van der Waals surface area contributed by atoms with Gasteiger partial charge in [0.15, 0.2) is 0 Å². The normalized spacial score (nSPS) is 11.5. The average molecular weight is 281 g/mol. The van der Waals surface area contributed by atoms with E-state index < -0.39 is 0 Å². The molecule has 1 aromatic carbocycles. The highest BCUT2D eigenvalue weighted by Crippen LogP contribution is 2.27. The summed E-state index contributed by atoms with van der Waals surface area (Å²) in [5, 5.41) is 0. The van der Waals surface area contributed by atoms with Crippen molar-refractivity contribution in [1.82, 2.24) is 0 Å². The van der Waals surface area contributed by atoms with Crippen LogP contribution >= 0.6 is 12.4 Å². The number of benzene rings is 1. The number of hydrogen-bond donors (Lipinski definition) is 0. The Labute approximate surface area is 128 Å². The zero-order chi connectivity index (χ0) is 13.3. The van der Waals surface area contributed by atoms with Crippen LogP contribution in [0.3, 0.4) is 0 Å². The molecule has 0 aromatic heterocycles. The Balaban J connectivity index is 0.00000289. The molecule has 0 spiro atoms. The smallest absolute Gasteiger partial charge is 0.416 e. The van der Waals surface area contributed by atoms with Crippen molar-refractivity contribution in [2.45, 2.75) is 50.5 Å². The van der Waals surface area contributed by atoms with E-state index in [2.05, 4.69) is 59.7 Å². The number of methoxy groups -OCH3 is 1. The Morgan fingerprint density at radius 1 is 1.00 bits per heavy atom. The quantitative estimate of drug-likeness (QED) is 0.745. The third-order valence-electron chi connectivity index (χ3n) is 2.85. The Morgan fingerprint density at radius 3 is 1.94 bits per heavy atom. The number of halogens is 1. The van der Waals surface area contributed by atoms with E-state index in [9.17, 15) is 0 Å². The monoisotopic (exact) mass is 280 g/mol. The van der Waals surface area contributed by atoms with Gasteiger partial charge in [0.25, 0.3) is 0 Å². The van der Waals surface area contributed by atoms with Crippen LogP contribution in [0, 0.1) is 0 Å². The summed E-state index contributed by atoms with van der Waals surface area (Å²) in [5.74, 6) is 0.974. The Hall–Kier alpha value is 0.0762. The van der Waals surface area contributed by atoms with E-state index >= 15 is 0 Å². The fraction of sp³-hybridized carbons (Fsp3) is 0.600. The van der Waals surface area contributed by atoms with Crippen molar-refractivity contribution in [2.75, 3.05) is 7.11 Å². The molecular weight excluding hydrogens is 256 g/mol. The molecule has 0 unspecified atom stereocenters. The second-order valence-electron chi connectivity index (χ2n) is 7.01. The van der Waals surface area contributed by atoms with Crippen LogP contribution in [-0.4, -0.2) is 27.5 Å². The van der Waals surface area contributed by atoms with Crippen molar-refractivity contribution >= 4 is 36.5 Å². The zero-order valence-electron chi connectivity index (χ0n) is 12.8. The molecule has 0 aliphatic heterocycles. The van der Waals surface area contributed by atoms with Crippen molar-refractivity contribution in [3.8, 4) is 5.75 Å². The van der Waals surface area contributed by atoms with E-state index in [0.717, 1.165) is 5.75 Å². The van der Waals surface area contributed by atoms with Gasteiger partial charge in [-0.1, -0.05) is 53.2 Å². The van der Waals surface area contributed by atoms with E-state index in [-0.39, 0.29) is 38.2 Å². The first-order valence-electron chi connectivity index (χ1n) is 6.31. The lowest BCUT2D eigenvalue weighted by Gasteiger charge is -2.27. The summed E-state index contributed by atoms with van der Waals surface area (Å²) < 4.78 is 7.38. The molecule has 0 N–H and O–H groups in total. The summed E-state index contributed by atoms with van der Waals surface area (Å²) in [5.41, 5.74) is 1.65. The van der Waals surface area contributed by atoms with Gasteiger partial charge in [-0.05, 0) is 17.5 Å².